The number of hydrogen-bond donors (Lipinski definition) is 0. The molecule has 0 radical (unpaired) electrons. The first-order valence-corrected chi connectivity index (χ1v) is 6.88. The second-order valence-corrected chi connectivity index (χ2v) is 5.36. The van der Waals surface area contributed by atoms with Crippen LogP contribution in [0.4, 0.5) is 0 Å². The molecule has 0 bridgehead atoms. The summed E-state index contributed by atoms with van der Waals surface area (Å²) in [5, 5.41) is 0. The monoisotopic (exact) mass is 318 g/mol. The summed E-state index contributed by atoms with van der Waals surface area (Å²) >= 11 is 3.43. The first-order chi connectivity index (χ1) is 9.13. The van der Waals surface area contributed by atoms with Crippen LogP contribution < -0.4 is 4.74 Å². The Labute approximate surface area is 121 Å². The number of carbonyl (C=O) groups is 1. The highest BCUT2D eigenvalue weighted by atomic mass is 79.9. The maximum Gasteiger partial charge on any atom is 0.134 e. The molecule has 2 rings (SSSR count). The number of benzene rings is 2. The fourth-order valence-corrected chi connectivity index (χ4v) is 2.23. The first-order valence-electron chi connectivity index (χ1n) is 6.09. The molecule has 0 atom stereocenters. The van der Waals surface area contributed by atoms with Crippen LogP contribution in [0.15, 0.2) is 53.0 Å². The van der Waals surface area contributed by atoms with Gasteiger partial charge in [0, 0.05) is 10.9 Å². The Bertz CT molecular complexity index is 561. The minimum atomic E-state index is 0.169. The van der Waals surface area contributed by atoms with E-state index in [0.717, 1.165) is 21.3 Å². The molecule has 0 spiro atoms. The zero-order valence-corrected chi connectivity index (χ0v) is 12.3. The van der Waals surface area contributed by atoms with Crippen LogP contribution in [0.25, 0.3) is 0 Å². The second kappa shape index (κ2) is 6.53. The number of ether oxygens (including phenoxy) is 1. The van der Waals surface area contributed by atoms with Crippen LogP contribution in [0.1, 0.15) is 18.1 Å². The van der Waals surface area contributed by atoms with E-state index >= 15 is 0 Å². The van der Waals surface area contributed by atoms with E-state index in [1.165, 1.54) is 0 Å². The molecular formula is C16H15BrO2. The van der Waals surface area contributed by atoms with Crippen LogP contribution in [-0.4, -0.2) is 5.78 Å². The van der Waals surface area contributed by atoms with Crippen molar-refractivity contribution in [2.24, 2.45) is 0 Å². The van der Waals surface area contributed by atoms with Crippen molar-refractivity contribution in [3.63, 3.8) is 0 Å². The molecule has 2 aromatic rings. The molecular weight excluding hydrogens is 304 g/mol. The third-order valence-electron chi connectivity index (χ3n) is 2.67. The summed E-state index contributed by atoms with van der Waals surface area (Å²) in [6.07, 6.45) is 0.478. The lowest BCUT2D eigenvalue weighted by Gasteiger charge is -2.07. The van der Waals surface area contributed by atoms with E-state index in [1.807, 2.05) is 48.5 Å². The molecule has 0 heterocycles. The van der Waals surface area contributed by atoms with Crippen molar-refractivity contribution in [2.45, 2.75) is 20.0 Å². The molecule has 98 valence electrons. The molecule has 19 heavy (non-hydrogen) atoms. The summed E-state index contributed by atoms with van der Waals surface area (Å²) in [6, 6.07) is 15.7. The number of ketones is 1. The SMILES string of the molecule is CC(=O)Cc1ccc(OCc2cccc(Br)c2)cc1. The lowest BCUT2D eigenvalue weighted by Crippen LogP contribution is -1.97. The Hall–Kier alpha value is -1.61. The molecule has 0 fully saturated rings. The molecule has 3 heteroatoms. The molecule has 2 nitrogen and oxygen atoms in total. The fourth-order valence-electron chi connectivity index (χ4n) is 1.78. The van der Waals surface area contributed by atoms with Crippen molar-refractivity contribution in [2.75, 3.05) is 0 Å². The van der Waals surface area contributed by atoms with Crippen molar-refractivity contribution in [1.82, 2.24) is 0 Å². The van der Waals surface area contributed by atoms with Gasteiger partial charge in [0.15, 0.2) is 0 Å². The maximum atomic E-state index is 11.0. The minimum Gasteiger partial charge on any atom is -0.489 e. The van der Waals surface area contributed by atoms with Gasteiger partial charge >= 0.3 is 0 Å². The Morgan fingerprint density at radius 1 is 1.11 bits per heavy atom. The Balaban J connectivity index is 1.94. The Morgan fingerprint density at radius 2 is 1.84 bits per heavy atom. The van der Waals surface area contributed by atoms with Gasteiger partial charge in [0.05, 0.1) is 0 Å². The predicted octanol–water partition coefficient (Wildman–Crippen LogP) is 4.16. The largest absolute Gasteiger partial charge is 0.489 e. The van der Waals surface area contributed by atoms with Crippen molar-refractivity contribution < 1.29 is 9.53 Å². The van der Waals surface area contributed by atoms with E-state index in [2.05, 4.69) is 15.9 Å². The van der Waals surface area contributed by atoms with Crippen molar-refractivity contribution in [3.8, 4) is 5.75 Å². The summed E-state index contributed by atoms with van der Waals surface area (Å²) in [5.41, 5.74) is 2.13. The van der Waals surface area contributed by atoms with Gasteiger partial charge in [-0.15, -0.1) is 0 Å². The number of Topliss-reactive ketones (excluding diaryl/α,β-unsaturated/α-hetero) is 1. The number of hydrogen-bond acceptors (Lipinski definition) is 2. The van der Waals surface area contributed by atoms with E-state index in [0.29, 0.717) is 13.0 Å². The first kappa shape index (κ1) is 13.8. The van der Waals surface area contributed by atoms with Crippen LogP contribution in [0, 0.1) is 0 Å². The summed E-state index contributed by atoms with van der Waals surface area (Å²) < 4.78 is 6.75. The van der Waals surface area contributed by atoms with Crippen LogP contribution in [0.5, 0.6) is 5.75 Å². The van der Waals surface area contributed by atoms with E-state index in [1.54, 1.807) is 6.92 Å². The molecule has 0 amide bonds. The van der Waals surface area contributed by atoms with Crippen LogP contribution in [0.3, 0.4) is 0 Å². The molecule has 0 saturated heterocycles. The van der Waals surface area contributed by atoms with Crippen LogP contribution in [0.2, 0.25) is 0 Å². The number of carbonyl (C=O) groups excluding carboxylic acids is 1. The second-order valence-electron chi connectivity index (χ2n) is 4.44. The molecule has 0 saturated carbocycles. The maximum absolute atomic E-state index is 11.0. The zero-order valence-electron chi connectivity index (χ0n) is 10.7. The normalized spacial score (nSPS) is 10.2. The lowest BCUT2D eigenvalue weighted by atomic mass is 10.1. The third kappa shape index (κ3) is 4.52. The number of halogens is 1. The molecule has 0 aromatic heterocycles. The van der Waals surface area contributed by atoms with Crippen LogP contribution in [-0.2, 0) is 17.8 Å². The van der Waals surface area contributed by atoms with E-state index < -0.39 is 0 Å². The van der Waals surface area contributed by atoms with Crippen molar-refractivity contribution >= 4 is 21.7 Å². The van der Waals surface area contributed by atoms with Gasteiger partial charge in [-0.2, -0.15) is 0 Å². The smallest absolute Gasteiger partial charge is 0.134 e. The van der Waals surface area contributed by atoms with Crippen molar-refractivity contribution in [3.05, 3.63) is 64.1 Å². The van der Waals surface area contributed by atoms with E-state index in [-0.39, 0.29) is 5.78 Å². The topological polar surface area (TPSA) is 26.3 Å². The van der Waals surface area contributed by atoms with E-state index in [9.17, 15) is 4.79 Å². The van der Waals surface area contributed by atoms with Gasteiger partial charge in [-0.05, 0) is 42.3 Å². The molecule has 0 unspecified atom stereocenters. The lowest BCUT2D eigenvalue weighted by molar-refractivity contribution is -0.116. The summed E-state index contributed by atoms with van der Waals surface area (Å²) in [4.78, 5) is 11.0. The summed E-state index contributed by atoms with van der Waals surface area (Å²) in [7, 11) is 0. The predicted molar refractivity (Wildman–Crippen MR) is 79.3 cm³/mol. The highest BCUT2D eigenvalue weighted by Crippen LogP contribution is 2.16. The number of rotatable bonds is 5. The standard InChI is InChI=1S/C16H15BrO2/c1-12(18)9-13-5-7-16(8-6-13)19-11-14-3-2-4-15(17)10-14/h2-8,10H,9,11H2,1H3. The van der Waals surface area contributed by atoms with Gasteiger partial charge in [-0.3, -0.25) is 4.79 Å². The highest BCUT2D eigenvalue weighted by molar-refractivity contribution is 9.10. The van der Waals surface area contributed by atoms with Crippen LogP contribution >= 0.6 is 15.9 Å². The van der Waals surface area contributed by atoms with Gasteiger partial charge < -0.3 is 4.74 Å². The Morgan fingerprint density at radius 3 is 2.47 bits per heavy atom. The average Bonchev–Trinajstić information content (AvgIpc) is 2.37. The van der Waals surface area contributed by atoms with Gasteiger partial charge in [0.1, 0.15) is 18.1 Å². The Kier molecular flexibility index (Phi) is 4.74. The molecule has 0 aliphatic rings. The quantitative estimate of drug-likeness (QED) is 0.827. The third-order valence-corrected chi connectivity index (χ3v) is 3.16. The van der Waals surface area contributed by atoms with E-state index in [4.69, 9.17) is 4.74 Å². The molecule has 0 N–H and O–H groups in total. The van der Waals surface area contributed by atoms with Crippen molar-refractivity contribution in [1.29, 1.82) is 0 Å². The summed E-state index contributed by atoms with van der Waals surface area (Å²) in [6.45, 7) is 2.13. The fraction of sp³-hybridized carbons (Fsp3) is 0.188. The molecule has 0 aliphatic heterocycles. The van der Waals surface area contributed by atoms with Gasteiger partial charge in [-0.25, -0.2) is 0 Å². The van der Waals surface area contributed by atoms with Gasteiger partial charge in [-0.1, -0.05) is 40.2 Å². The zero-order chi connectivity index (χ0) is 13.7. The minimum absolute atomic E-state index is 0.169. The van der Waals surface area contributed by atoms with Gasteiger partial charge in [0.25, 0.3) is 0 Å². The highest BCUT2D eigenvalue weighted by Gasteiger charge is 2.00. The average molecular weight is 319 g/mol. The van der Waals surface area contributed by atoms with Gasteiger partial charge in [0.2, 0.25) is 0 Å². The molecule has 2 aromatic carbocycles. The summed E-state index contributed by atoms with van der Waals surface area (Å²) in [5.74, 6) is 0.982. The molecule has 0 aliphatic carbocycles.